The van der Waals surface area contributed by atoms with Crippen molar-refractivity contribution in [3.05, 3.63) is 29.3 Å². The number of carbonyl (C=O) groups excluding carboxylic acids is 2. The highest BCUT2D eigenvalue weighted by Gasteiger charge is 2.24. The van der Waals surface area contributed by atoms with Crippen molar-refractivity contribution < 1.29 is 9.59 Å². The maximum Gasteiger partial charge on any atom is 0.321 e. The second kappa shape index (κ2) is 14.2. The van der Waals surface area contributed by atoms with Crippen LogP contribution in [0.4, 0.5) is 15.3 Å². The summed E-state index contributed by atoms with van der Waals surface area (Å²) >= 11 is 6.11. The van der Waals surface area contributed by atoms with Gasteiger partial charge in [0.15, 0.2) is 0 Å². The molecule has 1 aromatic carbocycles. The summed E-state index contributed by atoms with van der Waals surface area (Å²) in [6.45, 7) is 2.04. The third-order valence-corrected chi connectivity index (χ3v) is 6.34. The lowest BCUT2D eigenvalue weighted by atomic mass is 9.96. The molecule has 0 spiro atoms. The zero-order valence-corrected chi connectivity index (χ0v) is 17.8. The standard InChI is InChI=1S/C22H33ClN4O2.2CH4/c23-19-10-6-7-11-20(19)26-22(29)27-14-12-17(13-15-27)16-24-21(28)25-18-8-4-2-1-3-5-9-18;;/h6-7,10-11,17-18H,1-5,8-9,12-16H2,(H,26,29)(H2,24,25,28);2*1H4. The average Bonchev–Trinajstić information content (AvgIpc) is 2.70. The normalized spacial score (nSPS) is 17.9. The second-order valence-electron chi connectivity index (χ2n) is 8.24. The number of hydrogen-bond acceptors (Lipinski definition) is 2. The molecule has 7 heteroatoms. The van der Waals surface area contributed by atoms with E-state index in [0.717, 1.165) is 25.7 Å². The van der Waals surface area contributed by atoms with E-state index in [0.29, 0.717) is 42.3 Å². The zero-order valence-electron chi connectivity index (χ0n) is 17.1. The molecule has 1 heterocycles. The summed E-state index contributed by atoms with van der Waals surface area (Å²) in [6, 6.07) is 7.39. The summed E-state index contributed by atoms with van der Waals surface area (Å²) in [5.41, 5.74) is 0.633. The number of carbonyl (C=O) groups is 2. The van der Waals surface area contributed by atoms with Gasteiger partial charge in [0.1, 0.15) is 0 Å². The van der Waals surface area contributed by atoms with Crippen LogP contribution in [0.3, 0.4) is 0 Å². The van der Waals surface area contributed by atoms with E-state index >= 15 is 0 Å². The Morgan fingerprint density at radius 3 is 2.19 bits per heavy atom. The molecule has 1 saturated heterocycles. The largest absolute Gasteiger partial charge is 0.338 e. The molecule has 2 fully saturated rings. The van der Waals surface area contributed by atoms with Crippen LogP contribution in [0, 0.1) is 5.92 Å². The molecule has 6 nitrogen and oxygen atoms in total. The molecule has 1 aromatic rings. The van der Waals surface area contributed by atoms with Gasteiger partial charge in [-0.15, -0.1) is 0 Å². The van der Waals surface area contributed by atoms with Crippen molar-refractivity contribution in [2.45, 2.75) is 78.7 Å². The van der Waals surface area contributed by atoms with Crippen LogP contribution < -0.4 is 16.0 Å². The lowest BCUT2D eigenvalue weighted by molar-refractivity contribution is 0.180. The number of likely N-dealkylation sites (tertiary alicyclic amines) is 1. The maximum absolute atomic E-state index is 12.4. The van der Waals surface area contributed by atoms with Crippen LogP contribution in [0.1, 0.15) is 72.6 Å². The van der Waals surface area contributed by atoms with E-state index in [9.17, 15) is 9.59 Å². The average molecular weight is 453 g/mol. The molecule has 2 aliphatic rings. The van der Waals surface area contributed by atoms with E-state index < -0.39 is 0 Å². The number of rotatable bonds is 4. The molecule has 0 aromatic heterocycles. The Morgan fingerprint density at radius 2 is 1.55 bits per heavy atom. The van der Waals surface area contributed by atoms with Gasteiger partial charge in [0.05, 0.1) is 10.7 Å². The van der Waals surface area contributed by atoms with Gasteiger partial charge in [-0.2, -0.15) is 0 Å². The summed E-state index contributed by atoms with van der Waals surface area (Å²) < 4.78 is 0. The molecule has 1 saturated carbocycles. The number of piperidine rings is 1. The van der Waals surface area contributed by atoms with Crippen LogP contribution in [0.5, 0.6) is 0 Å². The minimum absolute atomic E-state index is 0. The Labute approximate surface area is 193 Å². The summed E-state index contributed by atoms with van der Waals surface area (Å²) in [7, 11) is 0. The van der Waals surface area contributed by atoms with E-state index in [1.165, 1.54) is 32.1 Å². The zero-order chi connectivity index (χ0) is 20.5. The molecule has 1 aliphatic heterocycles. The summed E-state index contributed by atoms with van der Waals surface area (Å²) in [4.78, 5) is 26.5. The first-order valence-electron chi connectivity index (χ1n) is 11.0. The molecule has 176 valence electrons. The van der Waals surface area contributed by atoms with Crippen molar-refractivity contribution in [2.24, 2.45) is 5.92 Å². The molecule has 4 amide bonds. The van der Waals surface area contributed by atoms with Crippen LogP contribution in [-0.4, -0.2) is 42.6 Å². The fourth-order valence-electron chi connectivity index (χ4n) is 4.17. The van der Waals surface area contributed by atoms with Gasteiger partial charge in [-0.25, -0.2) is 9.59 Å². The van der Waals surface area contributed by atoms with Crippen molar-refractivity contribution in [3.63, 3.8) is 0 Å². The van der Waals surface area contributed by atoms with Gasteiger partial charge in [-0.3, -0.25) is 0 Å². The van der Waals surface area contributed by atoms with Gasteiger partial charge in [0, 0.05) is 25.7 Å². The molecule has 0 bridgehead atoms. The Balaban J connectivity index is 0.00000240. The molecule has 0 unspecified atom stereocenters. The van der Waals surface area contributed by atoms with Gasteiger partial charge in [-0.05, 0) is 43.7 Å². The number of hydrogen-bond donors (Lipinski definition) is 3. The first kappa shape index (κ1) is 27.1. The second-order valence-corrected chi connectivity index (χ2v) is 8.64. The van der Waals surface area contributed by atoms with Crippen LogP contribution in [0.25, 0.3) is 0 Å². The molecule has 1 aliphatic carbocycles. The van der Waals surface area contributed by atoms with Crippen molar-refractivity contribution in [1.29, 1.82) is 0 Å². The number of halogens is 1. The molecule has 0 radical (unpaired) electrons. The third-order valence-electron chi connectivity index (χ3n) is 6.01. The van der Waals surface area contributed by atoms with Gasteiger partial charge < -0.3 is 20.9 Å². The maximum atomic E-state index is 12.4. The smallest absolute Gasteiger partial charge is 0.321 e. The number of nitrogens with zero attached hydrogens (tertiary/aromatic N) is 1. The predicted molar refractivity (Wildman–Crippen MR) is 131 cm³/mol. The monoisotopic (exact) mass is 452 g/mol. The number of anilines is 1. The van der Waals surface area contributed by atoms with Crippen molar-refractivity contribution >= 4 is 29.4 Å². The van der Waals surface area contributed by atoms with Crippen LogP contribution in [0.15, 0.2) is 24.3 Å². The first-order valence-corrected chi connectivity index (χ1v) is 11.3. The lowest BCUT2D eigenvalue weighted by Gasteiger charge is -2.32. The summed E-state index contributed by atoms with van der Waals surface area (Å²) in [5.74, 6) is 0.405. The molecule has 3 rings (SSSR count). The number of nitrogens with one attached hydrogen (secondary N) is 3. The molecular formula is C24H41ClN4O2. The van der Waals surface area contributed by atoms with Gasteiger partial charge >= 0.3 is 12.1 Å². The Kier molecular flexibility index (Phi) is 12.4. The molecule has 31 heavy (non-hydrogen) atoms. The minimum atomic E-state index is -0.119. The fourth-order valence-corrected chi connectivity index (χ4v) is 4.35. The van der Waals surface area contributed by atoms with E-state index in [4.69, 9.17) is 11.6 Å². The Hall–Kier alpha value is -1.95. The molecule has 0 atom stereocenters. The van der Waals surface area contributed by atoms with Gasteiger partial charge in [0.2, 0.25) is 0 Å². The van der Waals surface area contributed by atoms with Crippen molar-refractivity contribution in [2.75, 3.05) is 25.0 Å². The lowest BCUT2D eigenvalue weighted by Crippen LogP contribution is -2.46. The topological polar surface area (TPSA) is 73.5 Å². The minimum Gasteiger partial charge on any atom is -0.338 e. The van der Waals surface area contributed by atoms with E-state index in [1.807, 2.05) is 17.0 Å². The quantitative estimate of drug-likeness (QED) is 0.503. The Morgan fingerprint density at radius 1 is 0.935 bits per heavy atom. The van der Waals surface area contributed by atoms with E-state index in [-0.39, 0.29) is 26.9 Å². The van der Waals surface area contributed by atoms with Gasteiger partial charge in [-0.1, -0.05) is 70.7 Å². The highest BCUT2D eigenvalue weighted by atomic mass is 35.5. The van der Waals surface area contributed by atoms with E-state index in [2.05, 4.69) is 16.0 Å². The highest BCUT2D eigenvalue weighted by Crippen LogP contribution is 2.22. The predicted octanol–water partition coefficient (Wildman–Crippen LogP) is 6.27. The van der Waals surface area contributed by atoms with Crippen molar-refractivity contribution in [3.8, 4) is 0 Å². The number of amides is 4. The van der Waals surface area contributed by atoms with Crippen molar-refractivity contribution in [1.82, 2.24) is 15.5 Å². The van der Waals surface area contributed by atoms with Crippen LogP contribution in [0.2, 0.25) is 5.02 Å². The van der Waals surface area contributed by atoms with Crippen LogP contribution in [-0.2, 0) is 0 Å². The molecule has 3 N–H and O–H groups in total. The van der Waals surface area contributed by atoms with Crippen LogP contribution >= 0.6 is 11.6 Å². The number of benzene rings is 1. The number of urea groups is 2. The SMILES string of the molecule is C.C.O=C(NCC1CCN(C(=O)Nc2ccccc2Cl)CC1)NC1CCCCCCC1. The summed E-state index contributed by atoms with van der Waals surface area (Å²) in [6.07, 6.45) is 10.3. The number of para-hydroxylation sites is 1. The molecular weight excluding hydrogens is 412 g/mol. The van der Waals surface area contributed by atoms with E-state index in [1.54, 1.807) is 12.1 Å². The first-order chi connectivity index (χ1) is 14.1. The third kappa shape index (κ3) is 8.98. The Bertz CT molecular complexity index is 669. The van der Waals surface area contributed by atoms with Gasteiger partial charge in [0.25, 0.3) is 0 Å². The fraction of sp³-hybridized carbons (Fsp3) is 0.667. The summed E-state index contributed by atoms with van der Waals surface area (Å²) in [5, 5.41) is 9.60. The highest BCUT2D eigenvalue weighted by molar-refractivity contribution is 6.33.